The van der Waals surface area contributed by atoms with Crippen LogP contribution in [0.3, 0.4) is 0 Å². The lowest BCUT2D eigenvalue weighted by molar-refractivity contribution is -0.121. The molecule has 0 aromatic rings. The van der Waals surface area contributed by atoms with Gasteiger partial charge in [-0.1, -0.05) is 39.0 Å². The zero-order valence-electron chi connectivity index (χ0n) is 12.6. The number of rotatable bonds is 9. The Labute approximate surface area is 118 Å². The van der Waals surface area contributed by atoms with Gasteiger partial charge in [-0.25, -0.2) is 0 Å². The quantitative estimate of drug-likeness (QED) is 0.674. The van der Waals surface area contributed by atoms with Crippen molar-refractivity contribution in [3.63, 3.8) is 0 Å². The maximum absolute atomic E-state index is 11.9. The lowest BCUT2D eigenvalue weighted by atomic mass is 9.89. The third-order valence-corrected chi connectivity index (χ3v) is 4.36. The molecule has 3 heteroatoms. The molecule has 1 fully saturated rings. The molecule has 0 bridgehead atoms. The van der Waals surface area contributed by atoms with E-state index in [0.29, 0.717) is 12.3 Å². The smallest absolute Gasteiger partial charge is 0.220 e. The fourth-order valence-electron chi connectivity index (χ4n) is 3.15. The van der Waals surface area contributed by atoms with Gasteiger partial charge in [0.05, 0.1) is 0 Å². The molecule has 1 unspecified atom stereocenters. The average molecular weight is 268 g/mol. The van der Waals surface area contributed by atoms with E-state index in [1.807, 2.05) is 0 Å². The molecule has 1 aliphatic rings. The van der Waals surface area contributed by atoms with E-state index in [1.165, 1.54) is 44.9 Å². The molecule has 1 atom stereocenters. The number of hydrogen-bond donors (Lipinski definition) is 2. The number of hydrogen-bond acceptors (Lipinski definition) is 2. The van der Waals surface area contributed by atoms with Gasteiger partial charge in [-0.3, -0.25) is 4.79 Å². The lowest BCUT2D eigenvalue weighted by Crippen LogP contribution is -2.30. The number of carbonyl (C=O) groups excluding carboxylic acids is 1. The zero-order chi connectivity index (χ0) is 13.9. The van der Waals surface area contributed by atoms with Crippen molar-refractivity contribution in [2.24, 2.45) is 17.6 Å². The van der Waals surface area contributed by atoms with Gasteiger partial charge in [0.2, 0.25) is 5.91 Å². The molecule has 3 N–H and O–H groups in total. The van der Waals surface area contributed by atoms with Gasteiger partial charge in [0.25, 0.3) is 0 Å². The standard InChI is InChI=1S/C16H32N2O/c1-2-6-14(11-12-17)9-10-16(19)18-13-15-7-4-3-5-8-15/h14-15H,2-13,17H2,1H3,(H,18,19). The van der Waals surface area contributed by atoms with E-state index in [-0.39, 0.29) is 5.91 Å². The van der Waals surface area contributed by atoms with Crippen molar-refractivity contribution in [1.29, 1.82) is 0 Å². The number of amides is 1. The predicted octanol–water partition coefficient (Wildman–Crippen LogP) is 3.23. The molecular weight excluding hydrogens is 236 g/mol. The predicted molar refractivity (Wildman–Crippen MR) is 80.9 cm³/mol. The highest BCUT2D eigenvalue weighted by atomic mass is 16.1. The normalized spacial score (nSPS) is 18.2. The first kappa shape index (κ1) is 16.5. The molecule has 0 aromatic heterocycles. The molecule has 0 saturated heterocycles. The molecule has 1 rings (SSSR count). The molecule has 1 amide bonds. The molecule has 1 aliphatic carbocycles. The van der Waals surface area contributed by atoms with Crippen molar-refractivity contribution >= 4 is 5.91 Å². The second kappa shape index (κ2) is 10.2. The maximum atomic E-state index is 11.9. The van der Waals surface area contributed by atoms with E-state index in [9.17, 15) is 4.79 Å². The van der Waals surface area contributed by atoms with Gasteiger partial charge < -0.3 is 11.1 Å². The molecule has 0 aromatic carbocycles. The fourth-order valence-corrected chi connectivity index (χ4v) is 3.15. The van der Waals surface area contributed by atoms with Crippen LogP contribution in [0.4, 0.5) is 0 Å². The Morgan fingerprint density at radius 1 is 1.21 bits per heavy atom. The van der Waals surface area contributed by atoms with Gasteiger partial charge in [-0.05, 0) is 44.1 Å². The second-order valence-corrected chi connectivity index (χ2v) is 6.08. The molecule has 0 spiro atoms. The van der Waals surface area contributed by atoms with Crippen LogP contribution < -0.4 is 11.1 Å². The van der Waals surface area contributed by atoms with Gasteiger partial charge in [0.1, 0.15) is 0 Å². The van der Waals surface area contributed by atoms with Crippen LogP contribution in [-0.2, 0) is 4.79 Å². The topological polar surface area (TPSA) is 55.1 Å². The van der Waals surface area contributed by atoms with Crippen LogP contribution in [-0.4, -0.2) is 19.0 Å². The largest absolute Gasteiger partial charge is 0.356 e. The minimum Gasteiger partial charge on any atom is -0.356 e. The van der Waals surface area contributed by atoms with Gasteiger partial charge in [0, 0.05) is 13.0 Å². The summed E-state index contributed by atoms with van der Waals surface area (Å²) in [5.41, 5.74) is 5.62. The van der Waals surface area contributed by atoms with E-state index in [4.69, 9.17) is 5.73 Å². The van der Waals surface area contributed by atoms with Gasteiger partial charge >= 0.3 is 0 Å². The van der Waals surface area contributed by atoms with Crippen molar-refractivity contribution < 1.29 is 4.79 Å². The van der Waals surface area contributed by atoms with Gasteiger partial charge in [-0.15, -0.1) is 0 Å². The van der Waals surface area contributed by atoms with Crippen molar-refractivity contribution in [2.75, 3.05) is 13.1 Å². The Hall–Kier alpha value is -0.570. The summed E-state index contributed by atoms with van der Waals surface area (Å²) in [5.74, 6) is 1.60. The monoisotopic (exact) mass is 268 g/mol. The van der Waals surface area contributed by atoms with Crippen LogP contribution in [0.2, 0.25) is 0 Å². The number of nitrogens with one attached hydrogen (secondary N) is 1. The third kappa shape index (κ3) is 7.56. The van der Waals surface area contributed by atoms with Crippen molar-refractivity contribution in [2.45, 2.75) is 71.1 Å². The zero-order valence-corrected chi connectivity index (χ0v) is 12.6. The molecule has 0 heterocycles. The van der Waals surface area contributed by atoms with E-state index in [1.54, 1.807) is 0 Å². The first-order valence-corrected chi connectivity index (χ1v) is 8.23. The Kier molecular flexibility index (Phi) is 8.89. The summed E-state index contributed by atoms with van der Waals surface area (Å²) >= 11 is 0. The number of carbonyl (C=O) groups is 1. The minimum absolute atomic E-state index is 0.240. The van der Waals surface area contributed by atoms with Crippen molar-refractivity contribution in [1.82, 2.24) is 5.32 Å². The number of nitrogens with two attached hydrogens (primary N) is 1. The highest BCUT2D eigenvalue weighted by Crippen LogP contribution is 2.23. The first-order valence-electron chi connectivity index (χ1n) is 8.23. The summed E-state index contributed by atoms with van der Waals surface area (Å²) in [6, 6.07) is 0. The third-order valence-electron chi connectivity index (χ3n) is 4.36. The lowest BCUT2D eigenvalue weighted by Gasteiger charge is -2.22. The molecule has 19 heavy (non-hydrogen) atoms. The van der Waals surface area contributed by atoms with Crippen LogP contribution in [0.1, 0.15) is 71.1 Å². The molecule has 0 aliphatic heterocycles. The van der Waals surface area contributed by atoms with E-state index in [2.05, 4.69) is 12.2 Å². The Morgan fingerprint density at radius 2 is 1.95 bits per heavy atom. The maximum Gasteiger partial charge on any atom is 0.220 e. The Bertz CT molecular complexity index is 231. The Balaban J connectivity index is 2.11. The summed E-state index contributed by atoms with van der Waals surface area (Å²) in [6.45, 7) is 3.84. The highest BCUT2D eigenvalue weighted by molar-refractivity contribution is 5.75. The van der Waals surface area contributed by atoms with E-state index in [0.717, 1.165) is 31.8 Å². The summed E-state index contributed by atoms with van der Waals surface area (Å²) in [7, 11) is 0. The van der Waals surface area contributed by atoms with E-state index < -0.39 is 0 Å². The Morgan fingerprint density at radius 3 is 2.58 bits per heavy atom. The van der Waals surface area contributed by atoms with Crippen LogP contribution in [0.5, 0.6) is 0 Å². The molecular formula is C16H32N2O. The average Bonchev–Trinajstić information content (AvgIpc) is 2.44. The summed E-state index contributed by atoms with van der Waals surface area (Å²) in [5, 5.41) is 3.12. The molecule has 1 saturated carbocycles. The van der Waals surface area contributed by atoms with Crippen LogP contribution in [0.25, 0.3) is 0 Å². The first-order chi connectivity index (χ1) is 9.26. The van der Waals surface area contributed by atoms with E-state index >= 15 is 0 Å². The van der Waals surface area contributed by atoms with Crippen molar-refractivity contribution in [3.05, 3.63) is 0 Å². The molecule has 0 radical (unpaired) electrons. The van der Waals surface area contributed by atoms with Gasteiger partial charge in [0.15, 0.2) is 0 Å². The molecule has 3 nitrogen and oxygen atoms in total. The summed E-state index contributed by atoms with van der Waals surface area (Å²) < 4.78 is 0. The van der Waals surface area contributed by atoms with Crippen molar-refractivity contribution in [3.8, 4) is 0 Å². The molecule has 112 valence electrons. The highest BCUT2D eigenvalue weighted by Gasteiger charge is 2.15. The van der Waals surface area contributed by atoms with Gasteiger partial charge in [-0.2, -0.15) is 0 Å². The second-order valence-electron chi connectivity index (χ2n) is 6.08. The minimum atomic E-state index is 0.240. The van der Waals surface area contributed by atoms with Crippen LogP contribution >= 0.6 is 0 Å². The SMILES string of the molecule is CCCC(CCN)CCC(=O)NCC1CCCCC1. The summed E-state index contributed by atoms with van der Waals surface area (Å²) in [4.78, 5) is 11.9. The van der Waals surface area contributed by atoms with Crippen LogP contribution in [0, 0.1) is 11.8 Å². The fraction of sp³-hybridized carbons (Fsp3) is 0.938. The van der Waals surface area contributed by atoms with Crippen LogP contribution in [0.15, 0.2) is 0 Å². The summed E-state index contributed by atoms with van der Waals surface area (Å²) in [6.07, 6.45) is 11.8.